The maximum Gasteiger partial charge on any atom is 0.416 e. The van der Waals surface area contributed by atoms with Crippen LogP contribution in [0.25, 0.3) is 5.69 Å². The molecule has 0 bridgehead atoms. The Morgan fingerprint density at radius 3 is 2.07 bits per heavy atom. The minimum Gasteiger partial charge on any atom is -0.345 e. The van der Waals surface area contributed by atoms with Crippen molar-refractivity contribution >= 4 is 5.91 Å². The molecule has 2 aromatic carbocycles. The fourth-order valence-corrected chi connectivity index (χ4v) is 2.43. The Morgan fingerprint density at radius 2 is 1.52 bits per heavy atom. The van der Waals surface area contributed by atoms with Crippen LogP contribution in [0, 0.1) is 0 Å². The van der Waals surface area contributed by atoms with Gasteiger partial charge in [0.1, 0.15) is 0 Å². The molecule has 1 aromatic heterocycles. The van der Waals surface area contributed by atoms with Gasteiger partial charge in [0.2, 0.25) is 0 Å². The van der Waals surface area contributed by atoms with Crippen LogP contribution in [-0.4, -0.2) is 26.1 Å². The van der Waals surface area contributed by atoms with Crippen LogP contribution in [0.1, 0.15) is 27.3 Å². The fourth-order valence-electron chi connectivity index (χ4n) is 2.43. The summed E-state index contributed by atoms with van der Waals surface area (Å²) in [4.78, 5) is 12.2. The van der Waals surface area contributed by atoms with Crippen LogP contribution in [0.15, 0.2) is 48.5 Å². The van der Waals surface area contributed by atoms with E-state index in [1.54, 1.807) is 30.3 Å². The van der Waals surface area contributed by atoms with Crippen molar-refractivity contribution in [3.05, 3.63) is 71.0 Å². The van der Waals surface area contributed by atoms with Gasteiger partial charge in [-0.2, -0.15) is 31.0 Å². The summed E-state index contributed by atoms with van der Waals surface area (Å²) in [6.07, 6.45) is -10.1. The second kappa shape index (κ2) is 7.53. The van der Waals surface area contributed by atoms with Crippen molar-refractivity contribution in [2.24, 2.45) is 0 Å². The molecule has 0 spiro atoms. The summed E-state index contributed by atoms with van der Waals surface area (Å²) >= 11 is 0. The van der Waals surface area contributed by atoms with Crippen LogP contribution in [0.5, 0.6) is 0 Å². The van der Waals surface area contributed by atoms with E-state index in [2.05, 4.69) is 20.8 Å². The Morgan fingerprint density at radius 1 is 0.931 bits per heavy atom. The van der Waals surface area contributed by atoms with Crippen LogP contribution in [0.2, 0.25) is 0 Å². The molecule has 0 aliphatic rings. The molecule has 1 heterocycles. The molecule has 0 saturated heterocycles. The van der Waals surface area contributed by atoms with Crippen LogP contribution in [0.4, 0.5) is 26.3 Å². The highest BCUT2D eigenvalue weighted by Crippen LogP contribution is 2.36. The van der Waals surface area contributed by atoms with E-state index in [1.165, 1.54) is 4.68 Å². The van der Waals surface area contributed by atoms with Crippen LogP contribution < -0.4 is 5.32 Å². The van der Waals surface area contributed by atoms with Gasteiger partial charge in [0.05, 0.1) is 23.4 Å². The molecule has 0 aliphatic carbocycles. The molecular weight excluding hydrogens is 404 g/mol. The van der Waals surface area contributed by atoms with Crippen LogP contribution in [0.3, 0.4) is 0 Å². The van der Waals surface area contributed by atoms with Gasteiger partial charge in [0.15, 0.2) is 5.82 Å². The molecular formula is C17H11F6N5O. The molecule has 1 N–H and O–H groups in total. The number of halogens is 6. The minimum absolute atomic E-state index is 0.0489. The highest BCUT2D eigenvalue weighted by atomic mass is 19.4. The molecule has 3 aromatic rings. The van der Waals surface area contributed by atoms with E-state index in [9.17, 15) is 31.1 Å². The number of alkyl halides is 6. The monoisotopic (exact) mass is 415 g/mol. The Balaban J connectivity index is 1.84. The van der Waals surface area contributed by atoms with Gasteiger partial charge in [0, 0.05) is 5.56 Å². The smallest absolute Gasteiger partial charge is 0.345 e. The number of rotatable bonds is 4. The van der Waals surface area contributed by atoms with E-state index in [0.29, 0.717) is 17.8 Å². The van der Waals surface area contributed by atoms with E-state index in [1.807, 2.05) is 0 Å². The van der Waals surface area contributed by atoms with E-state index >= 15 is 0 Å². The minimum atomic E-state index is -5.05. The van der Waals surface area contributed by atoms with Crippen molar-refractivity contribution in [3.63, 3.8) is 0 Å². The van der Waals surface area contributed by atoms with Crippen molar-refractivity contribution in [3.8, 4) is 5.69 Å². The topological polar surface area (TPSA) is 72.7 Å². The molecule has 0 saturated carbocycles. The van der Waals surface area contributed by atoms with E-state index in [4.69, 9.17) is 0 Å². The first-order valence-electron chi connectivity index (χ1n) is 7.96. The Labute approximate surface area is 159 Å². The molecule has 12 heteroatoms. The maximum atomic E-state index is 12.9. The zero-order chi connectivity index (χ0) is 21.2. The lowest BCUT2D eigenvalue weighted by Gasteiger charge is -2.14. The van der Waals surface area contributed by atoms with E-state index in [0.717, 1.165) is 0 Å². The van der Waals surface area contributed by atoms with Gasteiger partial charge >= 0.3 is 12.4 Å². The third kappa shape index (κ3) is 4.70. The van der Waals surface area contributed by atoms with Gasteiger partial charge in [-0.05, 0) is 40.8 Å². The lowest BCUT2D eigenvalue weighted by Crippen LogP contribution is -2.26. The molecule has 3 rings (SSSR count). The standard InChI is InChI=1S/C17H11F6N5O/c18-16(19,20)11-6-10(7-12(8-11)17(21,22)23)15(29)24-9-14-25-26-27-28(14)13-4-2-1-3-5-13/h1-8H,9H2,(H,24,29). The number of aromatic nitrogens is 4. The Kier molecular flexibility index (Phi) is 5.27. The number of nitrogens with one attached hydrogen (secondary N) is 1. The lowest BCUT2D eigenvalue weighted by atomic mass is 10.0. The zero-order valence-corrected chi connectivity index (χ0v) is 14.3. The quantitative estimate of drug-likeness (QED) is 0.661. The SMILES string of the molecule is O=C(NCc1nnnn1-c1ccccc1)c1cc(C(F)(F)F)cc(C(F)(F)F)c1. The highest BCUT2D eigenvalue weighted by Gasteiger charge is 2.37. The normalized spacial score (nSPS) is 12.1. The molecule has 1 amide bonds. The number of benzene rings is 2. The average molecular weight is 415 g/mol. The second-order valence-corrected chi connectivity index (χ2v) is 5.82. The molecule has 152 valence electrons. The first-order valence-corrected chi connectivity index (χ1v) is 7.96. The number of carbonyl (C=O) groups is 1. The number of tetrazole rings is 1. The van der Waals surface area contributed by atoms with Gasteiger partial charge in [-0.25, -0.2) is 0 Å². The molecule has 0 radical (unpaired) electrons. The molecule has 0 unspecified atom stereocenters. The number of hydrogen-bond acceptors (Lipinski definition) is 4. The van der Waals surface area contributed by atoms with Crippen LogP contribution in [-0.2, 0) is 18.9 Å². The van der Waals surface area contributed by atoms with Gasteiger partial charge in [-0.15, -0.1) is 5.10 Å². The third-order valence-corrected chi connectivity index (χ3v) is 3.79. The number of para-hydroxylation sites is 1. The van der Waals surface area contributed by atoms with Crippen molar-refractivity contribution in [2.75, 3.05) is 0 Å². The van der Waals surface area contributed by atoms with Gasteiger partial charge in [0.25, 0.3) is 5.91 Å². The fraction of sp³-hybridized carbons (Fsp3) is 0.176. The van der Waals surface area contributed by atoms with Crippen molar-refractivity contribution in [1.29, 1.82) is 0 Å². The summed E-state index contributed by atoms with van der Waals surface area (Å²) in [7, 11) is 0. The van der Waals surface area contributed by atoms with E-state index in [-0.39, 0.29) is 18.4 Å². The number of hydrogen-bond donors (Lipinski definition) is 1. The van der Waals surface area contributed by atoms with Crippen molar-refractivity contribution < 1.29 is 31.1 Å². The molecule has 29 heavy (non-hydrogen) atoms. The Bertz CT molecular complexity index is 981. The predicted molar refractivity (Wildman–Crippen MR) is 86.8 cm³/mol. The van der Waals surface area contributed by atoms with Crippen LogP contribution >= 0.6 is 0 Å². The summed E-state index contributed by atoms with van der Waals surface area (Å²) in [6.45, 7) is -0.321. The largest absolute Gasteiger partial charge is 0.416 e. The number of nitrogens with zero attached hydrogens (tertiary/aromatic N) is 4. The summed E-state index contributed by atoms with van der Waals surface area (Å²) in [5.74, 6) is -1.00. The van der Waals surface area contributed by atoms with Gasteiger partial charge in [-0.3, -0.25) is 4.79 Å². The average Bonchev–Trinajstić information content (AvgIpc) is 3.13. The first kappa shape index (κ1) is 20.3. The Hall–Kier alpha value is -3.44. The lowest BCUT2D eigenvalue weighted by molar-refractivity contribution is -0.143. The summed E-state index contributed by atoms with van der Waals surface area (Å²) < 4.78 is 78.8. The number of carbonyl (C=O) groups excluding carboxylic acids is 1. The molecule has 0 atom stereocenters. The maximum absolute atomic E-state index is 12.9. The summed E-state index contributed by atoms with van der Waals surface area (Å²) in [6, 6.07) is 9.17. The van der Waals surface area contributed by atoms with Crippen molar-refractivity contribution in [1.82, 2.24) is 25.5 Å². The van der Waals surface area contributed by atoms with Gasteiger partial charge in [-0.1, -0.05) is 18.2 Å². The molecule has 0 fully saturated rings. The summed E-state index contributed by atoms with van der Waals surface area (Å²) in [5.41, 5.74) is -3.38. The first-order chi connectivity index (χ1) is 13.6. The molecule has 0 aliphatic heterocycles. The number of amides is 1. The summed E-state index contributed by atoms with van der Waals surface area (Å²) in [5, 5.41) is 13.1. The predicted octanol–water partition coefficient (Wildman–Crippen LogP) is 3.63. The van der Waals surface area contributed by atoms with Crippen molar-refractivity contribution in [2.45, 2.75) is 18.9 Å². The van der Waals surface area contributed by atoms with E-state index < -0.39 is 35.0 Å². The highest BCUT2D eigenvalue weighted by molar-refractivity contribution is 5.94. The third-order valence-electron chi connectivity index (χ3n) is 3.79. The molecule has 6 nitrogen and oxygen atoms in total. The van der Waals surface area contributed by atoms with Gasteiger partial charge < -0.3 is 5.32 Å². The zero-order valence-electron chi connectivity index (χ0n) is 14.3. The second-order valence-electron chi connectivity index (χ2n) is 5.82.